The SMILES string of the molecule is COc1ccc(CN2CCC(NC(=O)NCC(=O)Nc3c(C)cc(C)cc3C)CC2)cc1F. The number of carbonyl (C=O) groups is 2. The molecular weight excluding hydrogens is 423 g/mol. The van der Waals surface area contributed by atoms with E-state index in [0.29, 0.717) is 6.54 Å². The maximum absolute atomic E-state index is 13.9. The molecule has 1 aliphatic rings. The minimum atomic E-state index is -0.361. The van der Waals surface area contributed by atoms with Gasteiger partial charge in [-0.2, -0.15) is 0 Å². The van der Waals surface area contributed by atoms with Crippen LogP contribution in [0, 0.1) is 26.6 Å². The van der Waals surface area contributed by atoms with Crippen molar-refractivity contribution in [1.82, 2.24) is 15.5 Å². The minimum absolute atomic E-state index is 0.0403. The summed E-state index contributed by atoms with van der Waals surface area (Å²) in [6.07, 6.45) is 1.58. The molecule has 1 saturated heterocycles. The van der Waals surface area contributed by atoms with Crippen LogP contribution in [0.1, 0.15) is 35.1 Å². The number of hydrogen-bond acceptors (Lipinski definition) is 4. The molecule has 33 heavy (non-hydrogen) atoms. The first kappa shape index (κ1) is 24.5. The molecule has 0 radical (unpaired) electrons. The van der Waals surface area contributed by atoms with Gasteiger partial charge in [0.25, 0.3) is 0 Å². The molecule has 8 heteroatoms. The average molecular weight is 457 g/mol. The van der Waals surface area contributed by atoms with Gasteiger partial charge in [0, 0.05) is 31.4 Å². The number of amides is 3. The molecule has 3 N–H and O–H groups in total. The molecule has 3 rings (SSSR count). The number of piperidine rings is 1. The van der Waals surface area contributed by atoms with Gasteiger partial charge in [-0.25, -0.2) is 9.18 Å². The second-order valence-electron chi connectivity index (χ2n) is 8.67. The smallest absolute Gasteiger partial charge is 0.315 e. The Labute approximate surface area is 194 Å². The molecule has 1 heterocycles. The largest absolute Gasteiger partial charge is 0.494 e. The molecule has 3 amide bonds. The Morgan fingerprint density at radius 2 is 1.76 bits per heavy atom. The predicted octanol–water partition coefficient (Wildman–Crippen LogP) is 3.66. The van der Waals surface area contributed by atoms with Crippen LogP contribution < -0.4 is 20.7 Å². The number of aryl methyl sites for hydroxylation is 3. The van der Waals surface area contributed by atoms with Crippen LogP contribution in [0.4, 0.5) is 14.9 Å². The molecule has 2 aromatic rings. The van der Waals surface area contributed by atoms with Crippen molar-refractivity contribution in [3.63, 3.8) is 0 Å². The van der Waals surface area contributed by atoms with Crippen LogP contribution in [-0.2, 0) is 11.3 Å². The number of nitrogens with one attached hydrogen (secondary N) is 3. The first-order valence-corrected chi connectivity index (χ1v) is 11.2. The Kier molecular flexibility index (Phi) is 8.27. The van der Waals surface area contributed by atoms with Crippen LogP contribution >= 0.6 is 0 Å². The quantitative estimate of drug-likeness (QED) is 0.594. The van der Waals surface area contributed by atoms with E-state index in [2.05, 4.69) is 20.9 Å². The maximum atomic E-state index is 13.9. The van der Waals surface area contributed by atoms with Crippen LogP contribution in [0.15, 0.2) is 30.3 Å². The van der Waals surface area contributed by atoms with E-state index in [-0.39, 0.29) is 36.1 Å². The van der Waals surface area contributed by atoms with E-state index in [1.807, 2.05) is 39.0 Å². The summed E-state index contributed by atoms with van der Waals surface area (Å²) in [5.41, 5.74) is 4.81. The number of rotatable bonds is 7. The number of carbonyl (C=O) groups excluding carboxylic acids is 2. The van der Waals surface area contributed by atoms with Gasteiger partial charge < -0.3 is 20.7 Å². The molecule has 0 aromatic heterocycles. The number of nitrogens with zero attached hydrogens (tertiary/aromatic N) is 1. The summed E-state index contributed by atoms with van der Waals surface area (Å²) in [6.45, 7) is 8.07. The van der Waals surface area contributed by atoms with Crippen molar-refractivity contribution in [3.8, 4) is 5.75 Å². The Hall–Kier alpha value is -3.13. The lowest BCUT2D eigenvalue weighted by Gasteiger charge is -2.32. The number of benzene rings is 2. The highest BCUT2D eigenvalue weighted by Crippen LogP contribution is 2.22. The van der Waals surface area contributed by atoms with E-state index in [1.165, 1.54) is 13.2 Å². The van der Waals surface area contributed by atoms with Crippen molar-refractivity contribution >= 4 is 17.6 Å². The molecule has 0 unspecified atom stereocenters. The van der Waals surface area contributed by atoms with E-state index in [1.54, 1.807) is 6.07 Å². The summed E-state index contributed by atoms with van der Waals surface area (Å²) in [5, 5.41) is 8.46. The molecule has 0 aliphatic carbocycles. The zero-order chi connectivity index (χ0) is 24.0. The number of likely N-dealkylation sites (tertiary alicyclic amines) is 1. The second-order valence-corrected chi connectivity index (χ2v) is 8.67. The molecule has 0 atom stereocenters. The molecule has 1 aliphatic heterocycles. The third-order valence-corrected chi connectivity index (χ3v) is 5.90. The summed E-state index contributed by atoms with van der Waals surface area (Å²) >= 11 is 0. The monoisotopic (exact) mass is 456 g/mol. The highest BCUT2D eigenvalue weighted by Gasteiger charge is 2.21. The van der Waals surface area contributed by atoms with Gasteiger partial charge in [0.1, 0.15) is 0 Å². The van der Waals surface area contributed by atoms with Crippen molar-refractivity contribution in [2.75, 3.05) is 32.1 Å². The van der Waals surface area contributed by atoms with Crippen LogP contribution in [0.5, 0.6) is 5.75 Å². The van der Waals surface area contributed by atoms with Crippen molar-refractivity contribution in [1.29, 1.82) is 0 Å². The number of methoxy groups -OCH3 is 1. The lowest BCUT2D eigenvalue weighted by molar-refractivity contribution is -0.115. The number of urea groups is 1. The van der Waals surface area contributed by atoms with Gasteiger partial charge >= 0.3 is 6.03 Å². The molecule has 178 valence electrons. The zero-order valence-electron chi connectivity index (χ0n) is 19.8. The Morgan fingerprint density at radius 1 is 1.09 bits per heavy atom. The van der Waals surface area contributed by atoms with Crippen molar-refractivity contribution in [3.05, 3.63) is 58.4 Å². The molecular formula is C25H33FN4O3. The van der Waals surface area contributed by atoms with Crippen LogP contribution in [0.2, 0.25) is 0 Å². The number of hydrogen-bond donors (Lipinski definition) is 3. The minimum Gasteiger partial charge on any atom is -0.494 e. The van der Waals surface area contributed by atoms with Gasteiger partial charge in [-0.15, -0.1) is 0 Å². The van der Waals surface area contributed by atoms with E-state index in [4.69, 9.17) is 4.74 Å². The van der Waals surface area contributed by atoms with Crippen molar-refractivity contribution < 1.29 is 18.7 Å². The van der Waals surface area contributed by atoms with Gasteiger partial charge in [-0.05, 0) is 62.4 Å². The van der Waals surface area contributed by atoms with E-state index in [0.717, 1.165) is 53.9 Å². The van der Waals surface area contributed by atoms with Crippen LogP contribution in [-0.4, -0.2) is 49.6 Å². The fraction of sp³-hybridized carbons (Fsp3) is 0.440. The Morgan fingerprint density at radius 3 is 2.36 bits per heavy atom. The zero-order valence-corrected chi connectivity index (χ0v) is 19.8. The van der Waals surface area contributed by atoms with E-state index >= 15 is 0 Å². The fourth-order valence-corrected chi connectivity index (χ4v) is 4.26. The fourth-order valence-electron chi connectivity index (χ4n) is 4.26. The Bertz CT molecular complexity index is 980. The molecule has 0 bridgehead atoms. The normalized spacial score (nSPS) is 14.6. The topological polar surface area (TPSA) is 82.7 Å². The van der Waals surface area contributed by atoms with Crippen LogP contribution in [0.3, 0.4) is 0 Å². The van der Waals surface area contributed by atoms with Gasteiger partial charge in [-0.1, -0.05) is 23.8 Å². The van der Waals surface area contributed by atoms with Crippen molar-refractivity contribution in [2.45, 2.75) is 46.2 Å². The van der Waals surface area contributed by atoms with Gasteiger partial charge in [-0.3, -0.25) is 9.69 Å². The highest BCUT2D eigenvalue weighted by molar-refractivity contribution is 5.95. The standard InChI is InChI=1S/C25H33FN4O3/c1-16-11-17(2)24(18(3)12-16)29-23(31)14-27-25(32)28-20-7-9-30(10-8-20)15-19-5-6-22(33-4)21(26)13-19/h5-6,11-13,20H,7-10,14-15H2,1-4H3,(H,29,31)(H2,27,28,32). The van der Waals surface area contributed by atoms with Gasteiger partial charge in [0.2, 0.25) is 5.91 Å². The molecule has 7 nitrogen and oxygen atoms in total. The van der Waals surface area contributed by atoms with Gasteiger partial charge in [0.15, 0.2) is 11.6 Å². The first-order valence-electron chi connectivity index (χ1n) is 11.2. The van der Waals surface area contributed by atoms with E-state index < -0.39 is 0 Å². The third-order valence-electron chi connectivity index (χ3n) is 5.90. The maximum Gasteiger partial charge on any atom is 0.315 e. The second kappa shape index (κ2) is 11.1. The number of ether oxygens (including phenoxy) is 1. The third kappa shape index (κ3) is 6.92. The average Bonchev–Trinajstić information content (AvgIpc) is 2.76. The molecule has 0 saturated carbocycles. The molecule has 2 aromatic carbocycles. The van der Waals surface area contributed by atoms with Crippen LogP contribution in [0.25, 0.3) is 0 Å². The molecule has 0 spiro atoms. The lowest BCUT2D eigenvalue weighted by Crippen LogP contribution is -2.48. The summed E-state index contributed by atoms with van der Waals surface area (Å²) in [4.78, 5) is 26.8. The first-order chi connectivity index (χ1) is 15.7. The van der Waals surface area contributed by atoms with Gasteiger partial charge in [0.05, 0.1) is 13.7 Å². The highest BCUT2D eigenvalue weighted by atomic mass is 19.1. The molecule has 1 fully saturated rings. The van der Waals surface area contributed by atoms with E-state index in [9.17, 15) is 14.0 Å². The Balaban J connectivity index is 1.39. The summed E-state index contributed by atoms with van der Waals surface area (Å²) < 4.78 is 18.9. The van der Waals surface area contributed by atoms with Crippen molar-refractivity contribution in [2.24, 2.45) is 0 Å². The summed E-state index contributed by atoms with van der Waals surface area (Å²) in [6, 6.07) is 8.73. The lowest BCUT2D eigenvalue weighted by atomic mass is 10.0. The predicted molar refractivity (Wildman–Crippen MR) is 127 cm³/mol. The number of halogens is 1. The number of anilines is 1. The summed E-state index contributed by atoms with van der Waals surface area (Å²) in [5.74, 6) is -0.382. The summed E-state index contributed by atoms with van der Waals surface area (Å²) in [7, 11) is 1.45.